The van der Waals surface area contributed by atoms with Gasteiger partial charge in [-0.2, -0.15) is 16.8 Å². The Hall–Kier alpha value is -0.260. The summed E-state index contributed by atoms with van der Waals surface area (Å²) in [6.07, 6.45) is 5.74. The first-order valence-electron chi connectivity index (χ1n) is 7.61. The van der Waals surface area contributed by atoms with Crippen LogP contribution in [0.25, 0.3) is 0 Å². The van der Waals surface area contributed by atoms with Gasteiger partial charge in [0.15, 0.2) is 5.79 Å². The molecule has 2 atom stereocenters. The van der Waals surface area contributed by atoms with Crippen molar-refractivity contribution < 1.29 is 34.7 Å². The minimum Gasteiger partial charge on any atom is -0.344 e. The molecule has 2 aliphatic rings. The smallest absolute Gasteiger partial charge is 0.264 e. The Morgan fingerprint density at radius 3 is 1.61 bits per heavy atom. The van der Waals surface area contributed by atoms with E-state index in [0.717, 1.165) is 25.4 Å². The highest BCUT2D eigenvalue weighted by Crippen LogP contribution is 2.39. The van der Waals surface area contributed by atoms with E-state index in [1.165, 1.54) is 0 Å². The second-order valence-electron chi connectivity index (χ2n) is 6.15. The van der Waals surface area contributed by atoms with Crippen LogP contribution < -0.4 is 0 Å². The molecule has 2 heterocycles. The largest absolute Gasteiger partial charge is 0.344 e. The van der Waals surface area contributed by atoms with Gasteiger partial charge in [-0.05, 0) is 25.7 Å². The molecule has 0 saturated carbocycles. The molecule has 0 N–H and O–H groups in total. The lowest BCUT2D eigenvalue weighted by Crippen LogP contribution is -2.50. The molecule has 0 aromatic heterocycles. The van der Waals surface area contributed by atoms with Crippen LogP contribution in [-0.4, -0.2) is 60.6 Å². The summed E-state index contributed by atoms with van der Waals surface area (Å²) in [5, 5.41) is 0. The van der Waals surface area contributed by atoms with E-state index in [2.05, 4.69) is 0 Å². The van der Waals surface area contributed by atoms with E-state index < -0.39 is 26.0 Å². The Kier molecular flexibility index (Phi) is 6.07. The van der Waals surface area contributed by atoms with E-state index in [9.17, 15) is 16.8 Å². The molecule has 0 radical (unpaired) electrons. The molecule has 2 saturated heterocycles. The molecule has 0 aromatic carbocycles. The fourth-order valence-electron chi connectivity index (χ4n) is 2.95. The van der Waals surface area contributed by atoms with Gasteiger partial charge in [-0.1, -0.05) is 0 Å². The average molecular weight is 372 g/mol. The number of rotatable bonds is 6. The van der Waals surface area contributed by atoms with Crippen LogP contribution in [0.1, 0.15) is 38.5 Å². The fourth-order valence-corrected chi connectivity index (χ4v) is 3.74. The van der Waals surface area contributed by atoms with Crippen LogP contribution in [0.5, 0.6) is 0 Å². The predicted molar refractivity (Wildman–Crippen MR) is 81.8 cm³/mol. The van der Waals surface area contributed by atoms with E-state index in [0.29, 0.717) is 25.7 Å². The molecular weight excluding hydrogens is 348 g/mol. The molecule has 2 aliphatic heterocycles. The van der Waals surface area contributed by atoms with Gasteiger partial charge in [-0.25, -0.2) is 0 Å². The topological polar surface area (TPSA) is 105 Å². The first-order chi connectivity index (χ1) is 10.6. The van der Waals surface area contributed by atoms with E-state index in [4.69, 9.17) is 17.8 Å². The summed E-state index contributed by atoms with van der Waals surface area (Å²) in [5.41, 5.74) is 0. The maximum Gasteiger partial charge on any atom is 0.264 e. The van der Waals surface area contributed by atoms with E-state index in [1.807, 2.05) is 0 Å². The van der Waals surface area contributed by atoms with Crippen LogP contribution in [0.4, 0.5) is 0 Å². The third-order valence-electron chi connectivity index (χ3n) is 3.87. The Balaban J connectivity index is 1.91. The Morgan fingerprint density at radius 2 is 1.26 bits per heavy atom. The van der Waals surface area contributed by atoms with Crippen LogP contribution in [0.2, 0.25) is 0 Å². The van der Waals surface area contributed by atoms with Crippen molar-refractivity contribution in [2.75, 3.05) is 25.7 Å². The first kappa shape index (κ1) is 19.1. The zero-order chi connectivity index (χ0) is 17.1. The Bertz CT molecular complexity index is 543. The Labute approximate surface area is 137 Å². The zero-order valence-electron chi connectivity index (χ0n) is 13.4. The summed E-state index contributed by atoms with van der Waals surface area (Å²) in [6, 6.07) is 0. The third-order valence-corrected chi connectivity index (χ3v) is 4.99. The van der Waals surface area contributed by atoms with Crippen molar-refractivity contribution in [3.8, 4) is 0 Å². The van der Waals surface area contributed by atoms with Gasteiger partial charge in [0, 0.05) is 12.8 Å². The number of hydrogen-bond acceptors (Lipinski definition) is 8. The SMILES string of the molecule is CS(=O)(=O)OC[C@@H]1CCCC2(CCC[C@@H](COS(C)(=O)=O)O2)O1. The zero-order valence-corrected chi connectivity index (χ0v) is 15.0. The van der Waals surface area contributed by atoms with Crippen LogP contribution >= 0.6 is 0 Å². The van der Waals surface area contributed by atoms with Crippen molar-refractivity contribution in [2.24, 2.45) is 0 Å². The van der Waals surface area contributed by atoms with Gasteiger partial charge in [-0.15, -0.1) is 0 Å². The summed E-state index contributed by atoms with van der Waals surface area (Å²) in [6.45, 7) is -0.0666. The van der Waals surface area contributed by atoms with Gasteiger partial charge >= 0.3 is 0 Å². The summed E-state index contributed by atoms with van der Waals surface area (Å²) in [7, 11) is -7.02. The molecule has 2 rings (SSSR count). The molecule has 8 nitrogen and oxygen atoms in total. The van der Waals surface area contributed by atoms with Gasteiger partial charge < -0.3 is 9.47 Å². The van der Waals surface area contributed by atoms with E-state index in [-0.39, 0.29) is 25.4 Å². The number of ether oxygens (including phenoxy) is 2. The summed E-state index contributed by atoms with van der Waals surface area (Å²) >= 11 is 0. The predicted octanol–water partition coefficient (Wildman–Crippen LogP) is 0.773. The molecule has 0 bridgehead atoms. The molecule has 1 spiro atoms. The molecule has 23 heavy (non-hydrogen) atoms. The lowest BCUT2D eigenvalue weighted by molar-refractivity contribution is -0.319. The summed E-state index contributed by atoms with van der Waals surface area (Å²) < 4.78 is 65.9. The normalized spacial score (nSPS) is 28.8. The summed E-state index contributed by atoms with van der Waals surface area (Å²) in [4.78, 5) is 0. The van der Waals surface area contributed by atoms with Crippen LogP contribution in [0, 0.1) is 0 Å². The highest BCUT2D eigenvalue weighted by molar-refractivity contribution is 7.86. The van der Waals surface area contributed by atoms with Gasteiger partial charge in [0.2, 0.25) is 0 Å². The van der Waals surface area contributed by atoms with Crippen LogP contribution in [0.15, 0.2) is 0 Å². The quantitative estimate of drug-likeness (QED) is 0.630. The highest BCUT2D eigenvalue weighted by atomic mass is 32.2. The fraction of sp³-hybridized carbons (Fsp3) is 1.00. The standard InChI is InChI=1S/C13H24O8S2/c1-22(14,15)18-9-11-5-3-7-13(20-11)8-4-6-12(21-13)10-19-23(2,16)17/h11-12H,3-10H2,1-2H3/t11-,12-,13?/m0/s1. The molecule has 0 amide bonds. The summed E-state index contributed by atoms with van der Waals surface area (Å²) in [5.74, 6) is -0.798. The second-order valence-corrected chi connectivity index (χ2v) is 9.44. The lowest BCUT2D eigenvalue weighted by Gasteiger charge is -2.45. The van der Waals surface area contributed by atoms with Crippen molar-refractivity contribution >= 4 is 20.2 Å². The van der Waals surface area contributed by atoms with E-state index in [1.54, 1.807) is 0 Å². The van der Waals surface area contributed by atoms with Gasteiger partial charge in [-0.3, -0.25) is 8.37 Å². The third kappa shape index (κ3) is 6.63. The number of hydrogen-bond donors (Lipinski definition) is 0. The molecule has 10 heteroatoms. The van der Waals surface area contributed by atoms with Crippen molar-refractivity contribution in [3.05, 3.63) is 0 Å². The molecule has 0 unspecified atom stereocenters. The molecule has 2 fully saturated rings. The maximum atomic E-state index is 11.1. The van der Waals surface area contributed by atoms with Gasteiger partial charge in [0.1, 0.15) is 0 Å². The average Bonchev–Trinajstić information content (AvgIpc) is 2.42. The minimum absolute atomic E-state index is 0.0333. The highest BCUT2D eigenvalue weighted by Gasteiger charge is 2.43. The second kappa shape index (κ2) is 7.32. The lowest BCUT2D eigenvalue weighted by atomic mass is 9.93. The van der Waals surface area contributed by atoms with Crippen molar-refractivity contribution in [2.45, 2.75) is 56.5 Å². The first-order valence-corrected chi connectivity index (χ1v) is 11.2. The van der Waals surface area contributed by atoms with Crippen molar-refractivity contribution in [1.29, 1.82) is 0 Å². The molecule has 0 aromatic rings. The van der Waals surface area contributed by atoms with E-state index >= 15 is 0 Å². The molecular formula is C13H24O8S2. The molecule has 136 valence electrons. The van der Waals surface area contributed by atoms with Crippen LogP contribution in [-0.2, 0) is 38.1 Å². The minimum atomic E-state index is -3.51. The monoisotopic (exact) mass is 372 g/mol. The van der Waals surface area contributed by atoms with Crippen molar-refractivity contribution in [1.82, 2.24) is 0 Å². The van der Waals surface area contributed by atoms with Crippen LogP contribution in [0.3, 0.4) is 0 Å². The van der Waals surface area contributed by atoms with Gasteiger partial charge in [0.25, 0.3) is 20.2 Å². The van der Waals surface area contributed by atoms with Gasteiger partial charge in [0.05, 0.1) is 37.9 Å². The Morgan fingerprint density at radius 1 is 0.870 bits per heavy atom. The van der Waals surface area contributed by atoms with Crippen molar-refractivity contribution in [3.63, 3.8) is 0 Å². The maximum absolute atomic E-state index is 11.1. The molecule has 0 aliphatic carbocycles.